The lowest BCUT2D eigenvalue weighted by Gasteiger charge is -2.12. The molecule has 3 aromatic carbocycles. The highest BCUT2D eigenvalue weighted by molar-refractivity contribution is 5.91. The summed E-state index contributed by atoms with van der Waals surface area (Å²) in [7, 11) is 1.40. The molecule has 4 aromatic rings. The fraction of sp³-hybridized carbons (Fsp3) is 0.276. The summed E-state index contributed by atoms with van der Waals surface area (Å²) in [5.74, 6) is 1.04. The summed E-state index contributed by atoms with van der Waals surface area (Å²) in [5, 5.41) is 0. The Morgan fingerprint density at radius 3 is 2.39 bits per heavy atom. The molecular formula is C29H30N2O5. The number of aryl methyl sites for hydroxylation is 1. The van der Waals surface area contributed by atoms with Gasteiger partial charge in [0.15, 0.2) is 5.75 Å². The molecule has 0 amide bonds. The molecule has 0 aliphatic rings. The SMILES string of the molecule is COC(=O)CCCCCOc1cc(OC(C)=O)c2nc(-c3ccccc3)n(-c3ccc(C)cc3)c2c1. The Balaban J connectivity index is 1.72. The highest BCUT2D eigenvalue weighted by Gasteiger charge is 2.20. The lowest BCUT2D eigenvalue weighted by atomic mass is 10.2. The van der Waals surface area contributed by atoms with Crippen molar-refractivity contribution in [2.24, 2.45) is 0 Å². The second kappa shape index (κ2) is 11.5. The van der Waals surface area contributed by atoms with Crippen molar-refractivity contribution in [3.8, 4) is 28.6 Å². The number of aromatic nitrogens is 2. The molecule has 0 bridgehead atoms. The lowest BCUT2D eigenvalue weighted by Crippen LogP contribution is -2.04. The second-order valence-corrected chi connectivity index (χ2v) is 8.59. The highest BCUT2D eigenvalue weighted by atomic mass is 16.5. The first kappa shape index (κ1) is 25.0. The number of rotatable bonds is 10. The Bertz CT molecular complexity index is 1340. The first-order chi connectivity index (χ1) is 17.5. The number of benzene rings is 3. The number of ether oxygens (including phenoxy) is 3. The van der Waals surface area contributed by atoms with Gasteiger partial charge in [0.2, 0.25) is 0 Å². The van der Waals surface area contributed by atoms with Crippen LogP contribution >= 0.6 is 0 Å². The number of imidazole rings is 1. The highest BCUT2D eigenvalue weighted by Crippen LogP contribution is 2.36. The number of fused-ring (bicyclic) bond motifs is 1. The van der Waals surface area contributed by atoms with E-state index in [1.807, 2.05) is 55.5 Å². The van der Waals surface area contributed by atoms with Gasteiger partial charge in [-0.1, -0.05) is 48.0 Å². The van der Waals surface area contributed by atoms with Crippen LogP contribution in [0.1, 0.15) is 38.2 Å². The predicted octanol–water partition coefficient (Wildman–Crippen LogP) is 6.04. The van der Waals surface area contributed by atoms with E-state index in [1.165, 1.54) is 14.0 Å². The molecule has 1 heterocycles. The number of carbonyl (C=O) groups is 2. The molecule has 7 nitrogen and oxygen atoms in total. The second-order valence-electron chi connectivity index (χ2n) is 8.59. The van der Waals surface area contributed by atoms with Gasteiger partial charge in [0.1, 0.15) is 17.1 Å². The monoisotopic (exact) mass is 486 g/mol. The number of methoxy groups -OCH3 is 1. The Kier molecular flexibility index (Phi) is 8.00. The molecule has 7 heteroatoms. The minimum atomic E-state index is -0.428. The minimum Gasteiger partial charge on any atom is -0.493 e. The third-order valence-corrected chi connectivity index (χ3v) is 5.80. The van der Waals surface area contributed by atoms with Gasteiger partial charge >= 0.3 is 11.9 Å². The van der Waals surface area contributed by atoms with Crippen molar-refractivity contribution in [2.45, 2.75) is 39.5 Å². The zero-order chi connectivity index (χ0) is 25.5. The fourth-order valence-corrected chi connectivity index (χ4v) is 4.01. The fourth-order valence-electron chi connectivity index (χ4n) is 4.01. The lowest BCUT2D eigenvalue weighted by molar-refractivity contribution is -0.140. The Labute approximate surface area is 210 Å². The number of esters is 2. The van der Waals surface area contributed by atoms with Gasteiger partial charge in [-0.15, -0.1) is 0 Å². The van der Waals surface area contributed by atoms with Crippen LogP contribution in [0, 0.1) is 6.92 Å². The largest absolute Gasteiger partial charge is 0.493 e. The average Bonchev–Trinajstić information content (AvgIpc) is 3.26. The van der Waals surface area contributed by atoms with E-state index in [1.54, 1.807) is 6.07 Å². The Hall–Kier alpha value is -4.13. The molecule has 0 unspecified atom stereocenters. The molecular weight excluding hydrogens is 456 g/mol. The molecule has 4 rings (SSSR count). The number of unbranched alkanes of at least 4 members (excludes halogenated alkanes) is 2. The van der Waals surface area contributed by atoms with Crippen LogP contribution in [0.3, 0.4) is 0 Å². The van der Waals surface area contributed by atoms with Crippen molar-refractivity contribution < 1.29 is 23.8 Å². The van der Waals surface area contributed by atoms with Crippen LogP contribution in [0.15, 0.2) is 66.7 Å². The van der Waals surface area contributed by atoms with E-state index < -0.39 is 5.97 Å². The first-order valence-electron chi connectivity index (χ1n) is 12.0. The van der Waals surface area contributed by atoms with Crippen molar-refractivity contribution in [1.29, 1.82) is 0 Å². The molecule has 186 valence electrons. The van der Waals surface area contributed by atoms with Gasteiger partial charge < -0.3 is 14.2 Å². The van der Waals surface area contributed by atoms with E-state index in [2.05, 4.69) is 21.4 Å². The summed E-state index contributed by atoms with van der Waals surface area (Å²) in [6.07, 6.45) is 2.77. The van der Waals surface area contributed by atoms with E-state index in [0.717, 1.165) is 47.4 Å². The van der Waals surface area contributed by atoms with Gasteiger partial charge in [-0.2, -0.15) is 0 Å². The van der Waals surface area contributed by atoms with Crippen LogP contribution < -0.4 is 9.47 Å². The van der Waals surface area contributed by atoms with Crippen molar-refractivity contribution >= 4 is 23.0 Å². The van der Waals surface area contributed by atoms with Gasteiger partial charge in [0, 0.05) is 36.7 Å². The molecule has 0 aliphatic carbocycles. The van der Waals surface area contributed by atoms with E-state index in [0.29, 0.717) is 30.0 Å². The van der Waals surface area contributed by atoms with Gasteiger partial charge in [-0.05, 0) is 38.3 Å². The van der Waals surface area contributed by atoms with Gasteiger partial charge in [0.05, 0.1) is 19.2 Å². The third-order valence-electron chi connectivity index (χ3n) is 5.80. The summed E-state index contributed by atoms with van der Waals surface area (Å²) < 4.78 is 18.3. The average molecular weight is 487 g/mol. The topological polar surface area (TPSA) is 79.7 Å². The zero-order valence-electron chi connectivity index (χ0n) is 20.8. The normalized spacial score (nSPS) is 10.9. The molecule has 0 saturated heterocycles. The summed E-state index contributed by atoms with van der Waals surface area (Å²) in [6, 6.07) is 21.7. The molecule has 0 fully saturated rings. The predicted molar refractivity (Wildman–Crippen MR) is 139 cm³/mol. The van der Waals surface area contributed by atoms with Crippen molar-refractivity contribution in [3.05, 3.63) is 72.3 Å². The van der Waals surface area contributed by atoms with Crippen LogP contribution in [-0.2, 0) is 14.3 Å². The summed E-state index contributed by atoms with van der Waals surface area (Å²) in [4.78, 5) is 28.1. The number of hydrogen-bond acceptors (Lipinski definition) is 6. The number of hydrogen-bond donors (Lipinski definition) is 0. The summed E-state index contributed by atoms with van der Waals surface area (Å²) >= 11 is 0. The molecule has 0 spiro atoms. The minimum absolute atomic E-state index is 0.203. The van der Waals surface area contributed by atoms with E-state index in [9.17, 15) is 9.59 Å². The van der Waals surface area contributed by atoms with E-state index in [-0.39, 0.29) is 5.97 Å². The quantitative estimate of drug-likeness (QED) is 0.154. The molecule has 1 aromatic heterocycles. The Morgan fingerprint density at radius 1 is 0.944 bits per heavy atom. The maximum Gasteiger partial charge on any atom is 0.308 e. The van der Waals surface area contributed by atoms with Crippen LogP contribution in [0.4, 0.5) is 0 Å². The summed E-state index contributed by atoms with van der Waals surface area (Å²) in [5.41, 5.74) is 4.39. The third kappa shape index (κ3) is 5.92. The van der Waals surface area contributed by atoms with Crippen molar-refractivity contribution in [2.75, 3.05) is 13.7 Å². The van der Waals surface area contributed by atoms with E-state index in [4.69, 9.17) is 14.5 Å². The van der Waals surface area contributed by atoms with Crippen LogP contribution in [-0.4, -0.2) is 35.2 Å². The van der Waals surface area contributed by atoms with Gasteiger partial charge in [0.25, 0.3) is 0 Å². The van der Waals surface area contributed by atoms with Crippen molar-refractivity contribution in [1.82, 2.24) is 9.55 Å². The van der Waals surface area contributed by atoms with E-state index >= 15 is 0 Å². The van der Waals surface area contributed by atoms with Gasteiger partial charge in [-0.3, -0.25) is 14.2 Å². The molecule has 36 heavy (non-hydrogen) atoms. The molecule has 0 radical (unpaired) electrons. The molecule has 0 saturated carbocycles. The number of carbonyl (C=O) groups excluding carboxylic acids is 2. The molecule has 0 aliphatic heterocycles. The molecule has 0 atom stereocenters. The molecule has 0 N–H and O–H groups in total. The maximum atomic E-state index is 11.9. The van der Waals surface area contributed by atoms with Crippen LogP contribution in [0.2, 0.25) is 0 Å². The maximum absolute atomic E-state index is 11.9. The van der Waals surface area contributed by atoms with Gasteiger partial charge in [-0.25, -0.2) is 4.98 Å². The number of nitrogens with zero attached hydrogens (tertiary/aromatic N) is 2. The van der Waals surface area contributed by atoms with Crippen LogP contribution in [0.25, 0.3) is 28.1 Å². The smallest absolute Gasteiger partial charge is 0.308 e. The van der Waals surface area contributed by atoms with Crippen molar-refractivity contribution in [3.63, 3.8) is 0 Å². The van der Waals surface area contributed by atoms with Crippen LogP contribution in [0.5, 0.6) is 11.5 Å². The Morgan fingerprint density at radius 2 is 1.69 bits per heavy atom. The summed E-state index contributed by atoms with van der Waals surface area (Å²) in [6.45, 7) is 3.88. The zero-order valence-corrected chi connectivity index (χ0v) is 20.8. The first-order valence-corrected chi connectivity index (χ1v) is 12.0. The standard InChI is InChI=1S/C29H30N2O5/c1-20-13-15-23(16-14-20)31-25-18-24(35-17-9-5-8-12-27(33)34-3)19-26(36-21(2)32)28(25)30-29(31)22-10-6-4-7-11-22/h4,6-7,10-11,13-16,18-19H,5,8-9,12,17H2,1-3H3.